The highest BCUT2D eigenvalue weighted by Crippen LogP contribution is 2.13. The molecule has 0 bridgehead atoms. The Morgan fingerprint density at radius 2 is 1.79 bits per heavy atom. The summed E-state index contributed by atoms with van der Waals surface area (Å²) in [5.74, 6) is -1.88. The second-order valence-electron chi connectivity index (χ2n) is 7.30. The van der Waals surface area contributed by atoms with E-state index in [1.807, 2.05) is 4.72 Å². The first kappa shape index (κ1) is 24.9. The number of ether oxygens (including phenoxy) is 1. The van der Waals surface area contributed by atoms with Gasteiger partial charge in [0.2, 0.25) is 10.0 Å². The highest BCUT2D eigenvalue weighted by molar-refractivity contribution is 7.89. The summed E-state index contributed by atoms with van der Waals surface area (Å²) in [4.78, 5) is 37.0. The van der Waals surface area contributed by atoms with Crippen LogP contribution in [0.5, 0.6) is 5.75 Å². The minimum atomic E-state index is -4.13. The number of nitrogens with zero attached hydrogens (tertiary/aromatic N) is 1. The minimum absolute atomic E-state index is 0.117. The maximum atomic E-state index is 12.9. The lowest BCUT2D eigenvalue weighted by Gasteiger charge is -2.16. The van der Waals surface area contributed by atoms with Crippen molar-refractivity contribution < 1.29 is 33.6 Å². The molecule has 12 heteroatoms. The molecule has 6 N–H and O–H groups in total. The lowest BCUT2D eigenvalue weighted by molar-refractivity contribution is -0.368. The van der Waals surface area contributed by atoms with Crippen LogP contribution in [0.25, 0.3) is 5.52 Å². The van der Waals surface area contributed by atoms with Gasteiger partial charge in [0.15, 0.2) is 0 Å². The van der Waals surface area contributed by atoms with Crippen molar-refractivity contribution in [3.63, 3.8) is 0 Å². The Kier molecular flexibility index (Phi) is 7.99. The van der Waals surface area contributed by atoms with Gasteiger partial charge in [-0.1, -0.05) is 18.2 Å². The molecule has 0 radical (unpaired) electrons. The van der Waals surface area contributed by atoms with E-state index in [0.29, 0.717) is 24.4 Å². The molecule has 1 aromatic carbocycles. The van der Waals surface area contributed by atoms with Gasteiger partial charge in [0, 0.05) is 18.5 Å². The Bertz CT molecular complexity index is 1340. The molecular formula is C22H25N4O7S+. The number of carbonyl (C=O) groups is 2. The number of fused-ring (bicyclic) bond motifs is 1. The van der Waals surface area contributed by atoms with Gasteiger partial charge in [0.1, 0.15) is 17.4 Å². The molecule has 0 aliphatic rings. The zero-order valence-corrected chi connectivity index (χ0v) is 19.0. The second-order valence-corrected chi connectivity index (χ2v) is 9.02. The molecular weight excluding hydrogens is 464 g/mol. The summed E-state index contributed by atoms with van der Waals surface area (Å²) in [5, 5.41) is 11.7. The molecule has 1 unspecified atom stereocenters. The van der Waals surface area contributed by atoms with Crippen molar-refractivity contribution in [2.24, 2.45) is 0 Å². The standard InChI is InChI=1S/C22H24N4O7S/c23-11-4-12-33-16-9-7-15-8-10-18(21(28)26(15)14-16)20(27)24-13-19(22(29)30)25-34(31,32)17-5-2-1-3-6-17/h1-3,5-10,14,19,25H,4,11-13,23H2,(H,24,27)(H,29,30)/p+1. The number of sulfonamides is 1. The van der Waals surface area contributed by atoms with Gasteiger partial charge in [-0.05, 0) is 36.4 Å². The Morgan fingerprint density at radius 3 is 2.47 bits per heavy atom. The van der Waals surface area contributed by atoms with Crippen molar-refractivity contribution >= 4 is 27.4 Å². The highest BCUT2D eigenvalue weighted by atomic mass is 32.2. The van der Waals surface area contributed by atoms with Crippen LogP contribution < -0.4 is 26.1 Å². The van der Waals surface area contributed by atoms with Gasteiger partial charge in [0.05, 0.1) is 24.2 Å². The summed E-state index contributed by atoms with van der Waals surface area (Å²) in [6, 6.07) is 11.8. The monoisotopic (exact) mass is 489 g/mol. The maximum absolute atomic E-state index is 12.9. The number of benzene rings is 1. The fourth-order valence-corrected chi connectivity index (χ4v) is 4.26. The van der Waals surface area contributed by atoms with E-state index in [-0.39, 0.29) is 10.5 Å². The average Bonchev–Trinajstić information content (AvgIpc) is 2.82. The largest absolute Gasteiger partial charge is 0.492 e. The third-order valence-electron chi connectivity index (χ3n) is 4.85. The van der Waals surface area contributed by atoms with Crippen LogP contribution in [0, 0.1) is 0 Å². The first-order valence-electron chi connectivity index (χ1n) is 10.4. The zero-order valence-electron chi connectivity index (χ0n) is 18.1. The van der Waals surface area contributed by atoms with E-state index in [2.05, 4.69) is 11.1 Å². The number of quaternary nitrogens is 1. The number of hydrogen-bond donors (Lipinski definition) is 4. The van der Waals surface area contributed by atoms with E-state index < -0.39 is 40.0 Å². The SMILES string of the molecule is [NH3+]CCCOc1ccc2ccc(C(=O)NCC(NS(=O)(=O)c3ccccc3)C(=O)O)c(=O)n2c1. The molecule has 180 valence electrons. The molecule has 0 saturated carbocycles. The lowest BCUT2D eigenvalue weighted by atomic mass is 10.2. The van der Waals surface area contributed by atoms with Crippen LogP contribution >= 0.6 is 0 Å². The molecule has 2 aromatic heterocycles. The smallest absolute Gasteiger partial charge is 0.323 e. The van der Waals surface area contributed by atoms with Crippen LogP contribution in [0.4, 0.5) is 0 Å². The number of nitrogens with one attached hydrogen (secondary N) is 2. The average molecular weight is 490 g/mol. The van der Waals surface area contributed by atoms with Crippen LogP contribution in [-0.4, -0.2) is 55.5 Å². The number of carboxylic acid groups (broad SMARTS) is 1. The van der Waals surface area contributed by atoms with Gasteiger partial charge in [0.25, 0.3) is 11.5 Å². The molecule has 0 aliphatic heterocycles. The molecule has 1 atom stereocenters. The molecule has 3 rings (SSSR count). The molecule has 1 amide bonds. The Hall–Kier alpha value is -3.74. The first-order chi connectivity index (χ1) is 16.2. The molecule has 0 spiro atoms. The molecule has 0 aliphatic carbocycles. The summed E-state index contributed by atoms with van der Waals surface area (Å²) in [6.07, 6.45) is 2.21. The van der Waals surface area contributed by atoms with E-state index in [0.717, 1.165) is 6.42 Å². The molecule has 2 heterocycles. The van der Waals surface area contributed by atoms with Crippen LogP contribution in [0.15, 0.2) is 70.5 Å². The molecule has 0 saturated heterocycles. The van der Waals surface area contributed by atoms with E-state index in [1.54, 1.807) is 24.3 Å². The third kappa shape index (κ3) is 5.98. The molecule has 3 aromatic rings. The van der Waals surface area contributed by atoms with Crippen molar-refractivity contribution in [1.29, 1.82) is 0 Å². The van der Waals surface area contributed by atoms with Crippen molar-refractivity contribution in [3.05, 3.63) is 76.7 Å². The minimum Gasteiger partial charge on any atom is -0.492 e. The Balaban J connectivity index is 1.75. The third-order valence-corrected chi connectivity index (χ3v) is 6.33. The van der Waals surface area contributed by atoms with E-state index in [4.69, 9.17) is 4.74 Å². The van der Waals surface area contributed by atoms with E-state index in [1.165, 1.54) is 40.9 Å². The van der Waals surface area contributed by atoms with Crippen LogP contribution in [0.1, 0.15) is 16.8 Å². The predicted octanol–water partition coefficient (Wildman–Crippen LogP) is -0.528. The highest BCUT2D eigenvalue weighted by Gasteiger charge is 2.26. The van der Waals surface area contributed by atoms with Crippen molar-refractivity contribution in [3.8, 4) is 5.75 Å². The van der Waals surface area contributed by atoms with Gasteiger partial charge in [-0.3, -0.25) is 18.8 Å². The topological polar surface area (TPSA) is 171 Å². The summed E-state index contributed by atoms with van der Waals surface area (Å²) in [6.45, 7) is 0.562. The number of rotatable bonds is 11. The summed E-state index contributed by atoms with van der Waals surface area (Å²) in [5.41, 5.74) is 3.40. The van der Waals surface area contributed by atoms with Gasteiger partial charge < -0.3 is 20.9 Å². The van der Waals surface area contributed by atoms with E-state index in [9.17, 15) is 27.9 Å². The van der Waals surface area contributed by atoms with Gasteiger partial charge >= 0.3 is 5.97 Å². The number of aliphatic carboxylic acids is 1. The number of carbonyl (C=O) groups excluding carboxylic acids is 1. The van der Waals surface area contributed by atoms with Crippen molar-refractivity contribution in [2.45, 2.75) is 17.4 Å². The summed E-state index contributed by atoms with van der Waals surface area (Å²) >= 11 is 0. The summed E-state index contributed by atoms with van der Waals surface area (Å²) < 4.78 is 33.7. The Morgan fingerprint density at radius 1 is 1.09 bits per heavy atom. The molecule has 11 nitrogen and oxygen atoms in total. The van der Waals surface area contributed by atoms with Crippen LogP contribution in [-0.2, 0) is 14.8 Å². The second kappa shape index (κ2) is 10.9. The van der Waals surface area contributed by atoms with Gasteiger partial charge in [-0.15, -0.1) is 0 Å². The lowest BCUT2D eigenvalue weighted by Crippen LogP contribution is -2.50. The molecule has 0 fully saturated rings. The summed E-state index contributed by atoms with van der Waals surface area (Å²) in [7, 11) is -4.13. The quantitative estimate of drug-likeness (QED) is 0.262. The number of aromatic nitrogens is 1. The van der Waals surface area contributed by atoms with Gasteiger partial charge in [-0.2, -0.15) is 4.72 Å². The normalized spacial score (nSPS) is 12.3. The van der Waals surface area contributed by atoms with Crippen LogP contribution in [0.3, 0.4) is 0 Å². The number of hydrogen-bond acceptors (Lipinski definition) is 6. The zero-order chi connectivity index (χ0) is 24.7. The fourth-order valence-electron chi connectivity index (χ4n) is 3.05. The van der Waals surface area contributed by atoms with Crippen molar-refractivity contribution in [1.82, 2.24) is 14.4 Å². The number of amides is 1. The van der Waals surface area contributed by atoms with Crippen molar-refractivity contribution in [2.75, 3.05) is 19.7 Å². The maximum Gasteiger partial charge on any atom is 0.323 e. The molecule has 34 heavy (non-hydrogen) atoms. The number of carboxylic acids is 1. The fraction of sp³-hybridized carbons (Fsp3) is 0.227. The van der Waals surface area contributed by atoms with Gasteiger partial charge in [-0.25, -0.2) is 8.42 Å². The van der Waals surface area contributed by atoms with E-state index >= 15 is 0 Å². The Labute approximate surface area is 195 Å². The first-order valence-corrected chi connectivity index (χ1v) is 11.9. The predicted molar refractivity (Wildman–Crippen MR) is 122 cm³/mol. The van der Waals surface area contributed by atoms with Crippen LogP contribution in [0.2, 0.25) is 0 Å². The number of pyridine rings is 2.